The first kappa shape index (κ1) is 54.7. The molecule has 6 aromatic rings. The Morgan fingerprint density at radius 3 is 1.72 bits per heavy atom. The summed E-state index contributed by atoms with van der Waals surface area (Å²) >= 11 is 0. The number of hydrogen-bond acceptors (Lipinski definition) is 29. The highest BCUT2D eigenvalue weighted by Gasteiger charge is 2.53. The molecule has 3 aliphatic heterocycles. The van der Waals surface area contributed by atoms with Crippen molar-refractivity contribution in [2.45, 2.75) is 80.5 Å². The Labute approximate surface area is 415 Å². The predicted molar refractivity (Wildman–Crippen MR) is 243 cm³/mol. The van der Waals surface area contributed by atoms with E-state index in [4.69, 9.17) is 54.2 Å². The second-order valence-corrected chi connectivity index (χ2v) is 22.6. The summed E-state index contributed by atoms with van der Waals surface area (Å²) in [5.74, 6) is -0.702. The third kappa shape index (κ3) is 10.9. The molecule has 0 saturated carbocycles. The van der Waals surface area contributed by atoms with Crippen molar-refractivity contribution >= 4 is 82.4 Å². The number of methoxy groups -OCH3 is 1. The van der Waals surface area contributed by atoms with E-state index in [1.54, 1.807) is 0 Å². The Kier molecular flexibility index (Phi) is 14.9. The van der Waals surface area contributed by atoms with Crippen LogP contribution in [-0.4, -0.2) is 175 Å². The van der Waals surface area contributed by atoms with Crippen molar-refractivity contribution in [3.63, 3.8) is 0 Å². The molecule has 0 bridgehead atoms. The average molecular weight is 1140 g/mol. The maximum atomic E-state index is 13.7. The summed E-state index contributed by atoms with van der Waals surface area (Å²) in [6.45, 7) is -1.87. The number of fused-ring (bicyclic) bond motifs is 3. The molecule has 3 saturated heterocycles. The Hall–Kier alpha value is -5.08. The molecule has 0 amide bonds. The van der Waals surface area contributed by atoms with Crippen LogP contribution in [-0.2, 0) is 63.9 Å². The van der Waals surface area contributed by atoms with Gasteiger partial charge >= 0.3 is 31.3 Å². The molecule has 42 heteroatoms. The van der Waals surface area contributed by atoms with E-state index in [2.05, 4.69) is 48.5 Å². The molecule has 16 atom stereocenters. The number of aliphatic hydroxyl groups excluding tert-OH is 4. The van der Waals surface area contributed by atoms with Crippen molar-refractivity contribution in [1.82, 2.24) is 53.6 Å². The van der Waals surface area contributed by atoms with Gasteiger partial charge in [-0.1, -0.05) is 0 Å². The largest absolute Gasteiger partial charge is 0.490 e. The predicted octanol–water partition coefficient (Wildman–Crippen LogP) is -3.23. The summed E-state index contributed by atoms with van der Waals surface area (Å²) in [5.41, 5.74) is 15.9. The highest BCUT2D eigenvalue weighted by molar-refractivity contribution is 7.66. The molecule has 38 nitrogen and oxygen atoms in total. The summed E-state index contributed by atoms with van der Waals surface area (Å²) < 4.78 is 108. The normalized spacial score (nSPS) is 30.5. The monoisotopic (exact) mass is 1140 g/mol. The van der Waals surface area contributed by atoms with Crippen LogP contribution in [0.1, 0.15) is 24.2 Å². The van der Waals surface area contributed by atoms with Crippen LogP contribution < -0.4 is 28.3 Å². The van der Waals surface area contributed by atoms with Gasteiger partial charge in [-0.05, 0) is 12.5 Å². The van der Waals surface area contributed by atoms with Crippen LogP contribution in [0.15, 0.2) is 34.8 Å². The number of aromatic nitrogens is 11. The van der Waals surface area contributed by atoms with Gasteiger partial charge in [0.05, 0.1) is 37.9 Å². The number of H-pyrrole nitrogens is 2. The molecule has 16 N–H and O–H groups in total. The summed E-state index contributed by atoms with van der Waals surface area (Å²) in [6.07, 6.45) is -15.7. The van der Waals surface area contributed by atoms with E-state index in [1.807, 2.05) is 0 Å². The molecule has 3 aliphatic rings. The molecule has 0 aliphatic carbocycles. The molecule has 7 unspecified atom stereocenters. The molecule has 6 aromatic heterocycles. The number of ether oxygens (including phenoxy) is 4. The van der Waals surface area contributed by atoms with E-state index >= 15 is 0 Å². The number of aliphatic hydroxyl groups is 4. The number of imidazole rings is 2. The smallest absolute Gasteiger partial charge is 0.387 e. The number of phosphoric acid groups is 4. The van der Waals surface area contributed by atoms with Gasteiger partial charge in [0.15, 0.2) is 47.0 Å². The summed E-state index contributed by atoms with van der Waals surface area (Å²) in [4.78, 5) is 95.7. The highest BCUT2D eigenvalue weighted by atomic mass is 31.3. The van der Waals surface area contributed by atoms with E-state index in [9.17, 15) is 67.8 Å². The van der Waals surface area contributed by atoms with Crippen molar-refractivity contribution in [3.8, 4) is 0 Å². The van der Waals surface area contributed by atoms with Gasteiger partial charge in [-0.2, -0.15) is 18.6 Å². The lowest BCUT2D eigenvalue weighted by Crippen LogP contribution is -2.38. The van der Waals surface area contributed by atoms with Crippen LogP contribution in [0.3, 0.4) is 0 Å². The molecule has 0 spiro atoms. The zero-order valence-corrected chi connectivity index (χ0v) is 41.6. The van der Waals surface area contributed by atoms with Crippen LogP contribution in [0, 0.1) is 6.92 Å². The Morgan fingerprint density at radius 1 is 0.613 bits per heavy atom. The summed E-state index contributed by atoms with van der Waals surface area (Å²) in [7, 11) is -22.4. The van der Waals surface area contributed by atoms with E-state index in [1.165, 1.54) is 17.7 Å². The van der Waals surface area contributed by atoms with Gasteiger partial charge in [-0.15, -0.1) is 0 Å². The number of aromatic amines is 2. The molecular weight excluding hydrogens is 1100 g/mol. The maximum absolute atomic E-state index is 13.7. The minimum Gasteiger partial charge on any atom is -0.387 e. The van der Waals surface area contributed by atoms with Crippen LogP contribution in [0.4, 0.5) is 17.7 Å². The minimum absolute atomic E-state index is 0.00689. The van der Waals surface area contributed by atoms with Crippen molar-refractivity contribution < 1.29 is 104 Å². The topological polar surface area (TPSA) is 558 Å². The van der Waals surface area contributed by atoms with Crippen LogP contribution in [0.5, 0.6) is 0 Å². The number of rotatable bonds is 19. The van der Waals surface area contributed by atoms with E-state index in [0.717, 1.165) is 35.2 Å². The maximum Gasteiger partial charge on any atom is 0.490 e. The second kappa shape index (κ2) is 20.4. The lowest BCUT2D eigenvalue weighted by Gasteiger charge is -2.26. The van der Waals surface area contributed by atoms with Crippen molar-refractivity contribution in [3.05, 3.63) is 51.4 Å². The number of hydrogen-bond donors (Lipinski definition) is 13. The molecule has 9 heterocycles. The first-order valence-electron chi connectivity index (χ1n) is 21.3. The van der Waals surface area contributed by atoms with Crippen LogP contribution in [0.25, 0.3) is 33.4 Å². The fourth-order valence-electron chi connectivity index (χ4n) is 8.38. The first-order chi connectivity index (χ1) is 35.2. The number of anilines is 3. The Balaban J connectivity index is 0.862. The lowest BCUT2D eigenvalue weighted by atomic mass is 10.1. The van der Waals surface area contributed by atoms with Gasteiger partial charge in [-0.25, -0.2) is 38.2 Å². The standard InChI is InChI=1S/C33H44N14O24P4/c1-10-3-45(24-14(10)27(52)43-32(35)41-24)29-19(50)17(48)12(66-29)5-64-73(56,57)70-75(60,61)71-74(58,59)65-6-13-21(22(62-2)31(68-13)46-8-39-15-23(34)37-7-38-25(15)46)69-72(54,55)63-4-11-18(49)20(51)30(67-11)47-9-40-16-26(47)42-33(36)44-28(16)53/h3,7-9,11-13,17-22,29-31,48-51H,4-6H2,1-2H3,(H,54,55)(H,56,57)(H,58,59)(H,60,61)(H2,34,37,38)(H3,35,41,43,52)(H3,36,42,44,53)/t11-,12-,13-,17?,18+,19+,20?,21+,22?,29-,30-,31-/m1/s1. The number of nitrogens with two attached hydrogens (primary N) is 3. The average Bonchev–Trinajstić information content (AvgIpc) is 4.17. The number of phosphoric ester groups is 3. The van der Waals surface area contributed by atoms with Gasteiger partial charge in [-0.3, -0.25) is 46.8 Å². The van der Waals surface area contributed by atoms with Crippen LogP contribution in [0.2, 0.25) is 0 Å². The number of nitrogen functional groups attached to an aromatic ring is 3. The molecular formula is C33H44N14O24P4. The molecule has 410 valence electrons. The van der Waals surface area contributed by atoms with Crippen molar-refractivity contribution in [2.24, 2.45) is 0 Å². The lowest BCUT2D eigenvalue weighted by molar-refractivity contribution is -0.0581. The summed E-state index contributed by atoms with van der Waals surface area (Å²) in [6, 6.07) is 0. The summed E-state index contributed by atoms with van der Waals surface area (Å²) in [5, 5.41) is 43.2. The first-order valence-corrected chi connectivity index (χ1v) is 27.2. The number of aryl methyl sites for hydroxylation is 1. The Morgan fingerprint density at radius 2 is 1.12 bits per heavy atom. The van der Waals surface area contributed by atoms with Gasteiger partial charge in [0.2, 0.25) is 11.9 Å². The fourth-order valence-corrected chi connectivity index (χ4v) is 12.9. The molecule has 75 heavy (non-hydrogen) atoms. The van der Waals surface area contributed by atoms with E-state index in [-0.39, 0.29) is 51.1 Å². The third-order valence-electron chi connectivity index (χ3n) is 11.7. The zero-order chi connectivity index (χ0) is 54.3. The van der Waals surface area contributed by atoms with E-state index in [0.29, 0.717) is 5.56 Å². The Bertz CT molecular complexity index is 3470. The quantitative estimate of drug-likeness (QED) is 0.0355. The van der Waals surface area contributed by atoms with Gasteiger partial charge in [0.1, 0.15) is 66.8 Å². The zero-order valence-electron chi connectivity index (χ0n) is 38.0. The molecule has 0 aromatic carbocycles. The highest BCUT2D eigenvalue weighted by Crippen LogP contribution is 2.68. The van der Waals surface area contributed by atoms with Crippen molar-refractivity contribution in [2.75, 3.05) is 44.1 Å². The van der Waals surface area contributed by atoms with Crippen LogP contribution >= 0.6 is 31.3 Å². The fraction of sp³-hybridized carbons (Fsp3) is 0.515. The third-order valence-corrected chi connectivity index (χ3v) is 16.9. The van der Waals surface area contributed by atoms with Gasteiger partial charge in [0, 0.05) is 13.3 Å². The SMILES string of the molecule is COC1[C@@H](OP(=O)(O)OC[C@H]2O[C@@H](n3cnc4c(=O)[nH]c(N)nc43)C(O)[C@H]2O)[C@@H](COP(=O)(O)OP(=O)(O)OP(=O)(O)OC[C@H]2O[C@@H](n3cc(C)c4c(=O)[nH]c(N)nc43)[C@@H](O)C2O)O[C@H]1n1cnc2c(N)ncnc21. The molecule has 0 radical (unpaired) electrons. The molecule has 3 fully saturated rings. The van der Waals surface area contributed by atoms with E-state index < -0.39 is 136 Å². The van der Waals surface area contributed by atoms with Gasteiger partial charge < -0.3 is 80.7 Å². The minimum atomic E-state index is -6.20. The molecule has 9 rings (SSSR count). The van der Waals surface area contributed by atoms with Gasteiger partial charge in [0.25, 0.3) is 11.1 Å². The number of nitrogens with zero attached hydrogens (tertiary/aromatic N) is 9. The number of nitrogens with one attached hydrogen (secondary N) is 2. The van der Waals surface area contributed by atoms with Crippen molar-refractivity contribution in [1.29, 1.82) is 0 Å². The second-order valence-electron chi connectivity index (χ2n) is 16.6.